The zero-order chi connectivity index (χ0) is 16.5. The first-order chi connectivity index (χ1) is 10.2. The number of benzene rings is 1. The van der Waals surface area contributed by atoms with Crippen molar-refractivity contribution in [3.63, 3.8) is 0 Å². The van der Waals surface area contributed by atoms with E-state index in [2.05, 4.69) is 4.98 Å². The molecule has 8 nitrogen and oxygen atoms in total. The highest BCUT2D eigenvalue weighted by molar-refractivity contribution is 7.89. The number of rotatable bonds is 5. The third kappa shape index (κ3) is 3.59. The largest absolute Gasteiger partial charge is 0.363 e. The Kier molecular flexibility index (Phi) is 4.44. The molecular weight excluding hydrogens is 328 g/mol. The number of nitro groups is 1. The van der Waals surface area contributed by atoms with E-state index in [0.29, 0.717) is 12.2 Å². The minimum Gasteiger partial charge on any atom is -0.363 e. The molecule has 1 aromatic carbocycles. The number of hydrogen-bond donors (Lipinski definition) is 1. The maximum absolute atomic E-state index is 11.3. The predicted octanol–water partition coefficient (Wildman–Crippen LogP) is 1.64. The third-order valence-corrected chi connectivity index (χ3v) is 4.68. The van der Waals surface area contributed by atoms with E-state index < -0.39 is 14.9 Å². The number of aromatic nitrogens is 1. The van der Waals surface area contributed by atoms with Crippen LogP contribution in [-0.2, 0) is 16.6 Å². The van der Waals surface area contributed by atoms with Gasteiger partial charge in [0.2, 0.25) is 10.0 Å². The summed E-state index contributed by atoms with van der Waals surface area (Å²) in [6, 6.07) is 3.59. The number of sulfonamides is 1. The van der Waals surface area contributed by atoms with Crippen molar-refractivity contribution in [1.29, 1.82) is 0 Å². The molecule has 0 spiro atoms. The molecule has 0 radical (unpaired) electrons. The van der Waals surface area contributed by atoms with E-state index in [1.54, 1.807) is 11.9 Å². The van der Waals surface area contributed by atoms with Crippen LogP contribution in [0.5, 0.6) is 0 Å². The van der Waals surface area contributed by atoms with Crippen LogP contribution in [-0.4, -0.2) is 25.4 Å². The van der Waals surface area contributed by atoms with Crippen LogP contribution in [0.4, 0.5) is 11.4 Å². The number of primary sulfonamides is 1. The Morgan fingerprint density at radius 3 is 2.64 bits per heavy atom. The molecule has 0 amide bonds. The van der Waals surface area contributed by atoms with Gasteiger partial charge in [0.15, 0.2) is 0 Å². The number of aryl methyl sites for hydroxylation is 1. The molecule has 2 N–H and O–H groups in total. The fourth-order valence-electron chi connectivity index (χ4n) is 1.96. The molecule has 0 atom stereocenters. The predicted molar refractivity (Wildman–Crippen MR) is 83.4 cm³/mol. The number of anilines is 1. The molecule has 2 rings (SSSR count). The van der Waals surface area contributed by atoms with Gasteiger partial charge in [-0.1, -0.05) is 0 Å². The first-order valence-corrected chi connectivity index (χ1v) is 8.54. The molecule has 0 aliphatic carbocycles. The van der Waals surface area contributed by atoms with Gasteiger partial charge in [-0.25, -0.2) is 18.5 Å². The summed E-state index contributed by atoms with van der Waals surface area (Å²) in [7, 11) is -2.32. The average Bonchev–Trinajstić information content (AvgIpc) is 2.82. The average molecular weight is 342 g/mol. The number of nitrogens with two attached hydrogens (primary N) is 1. The molecule has 0 aliphatic rings. The maximum Gasteiger partial charge on any atom is 0.293 e. The topological polar surface area (TPSA) is 119 Å². The van der Waals surface area contributed by atoms with Crippen molar-refractivity contribution in [1.82, 2.24) is 4.98 Å². The highest BCUT2D eigenvalue weighted by Gasteiger charge is 2.21. The van der Waals surface area contributed by atoms with Gasteiger partial charge >= 0.3 is 0 Å². The van der Waals surface area contributed by atoms with Gasteiger partial charge in [-0.15, -0.1) is 11.3 Å². The fraction of sp³-hybridized carbons (Fsp3) is 0.250. The summed E-state index contributed by atoms with van der Waals surface area (Å²) in [4.78, 5) is 16.2. The van der Waals surface area contributed by atoms with E-state index in [4.69, 9.17) is 5.14 Å². The van der Waals surface area contributed by atoms with Crippen LogP contribution in [0.3, 0.4) is 0 Å². The molecule has 0 bridgehead atoms. The molecule has 22 heavy (non-hydrogen) atoms. The Morgan fingerprint density at radius 1 is 1.45 bits per heavy atom. The summed E-state index contributed by atoms with van der Waals surface area (Å²) in [5.74, 6) is 0. The smallest absolute Gasteiger partial charge is 0.293 e. The van der Waals surface area contributed by atoms with Gasteiger partial charge in [-0.3, -0.25) is 10.1 Å². The molecule has 118 valence electrons. The van der Waals surface area contributed by atoms with Crippen molar-refractivity contribution in [3.8, 4) is 0 Å². The van der Waals surface area contributed by atoms with E-state index in [0.717, 1.165) is 16.8 Å². The van der Waals surface area contributed by atoms with Crippen LogP contribution in [0.1, 0.15) is 10.7 Å². The van der Waals surface area contributed by atoms with Gasteiger partial charge in [0.25, 0.3) is 5.69 Å². The van der Waals surface area contributed by atoms with E-state index in [-0.39, 0.29) is 10.6 Å². The van der Waals surface area contributed by atoms with Gasteiger partial charge < -0.3 is 4.90 Å². The first-order valence-electron chi connectivity index (χ1n) is 6.12. The highest BCUT2D eigenvalue weighted by atomic mass is 32.2. The van der Waals surface area contributed by atoms with E-state index in [1.165, 1.54) is 23.5 Å². The zero-order valence-electron chi connectivity index (χ0n) is 11.9. The summed E-state index contributed by atoms with van der Waals surface area (Å²) in [6.07, 6.45) is 0. The van der Waals surface area contributed by atoms with Crippen molar-refractivity contribution in [2.75, 3.05) is 11.9 Å². The van der Waals surface area contributed by atoms with Crippen LogP contribution >= 0.6 is 11.3 Å². The Morgan fingerprint density at radius 2 is 2.14 bits per heavy atom. The lowest BCUT2D eigenvalue weighted by molar-refractivity contribution is -0.384. The number of nitro benzene ring substituents is 1. The zero-order valence-corrected chi connectivity index (χ0v) is 13.5. The lowest BCUT2D eigenvalue weighted by Gasteiger charge is -2.18. The van der Waals surface area contributed by atoms with Gasteiger partial charge in [0.05, 0.1) is 27.1 Å². The van der Waals surface area contributed by atoms with Crippen LogP contribution in [0.2, 0.25) is 0 Å². The molecule has 0 fully saturated rings. The van der Waals surface area contributed by atoms with E-state index in [9.17, 15) is 18.5 Å². The quantitative estimate of drug-likeness (QED) is 0.651. The van der Waals surface area contributed by atoms with Crippen molar-refractivity contribution >= 4 is 32.7 Å². The van der Waals surface area contributed by atoms with E-state index >= 15 is 0 Å². The SMILES string of the molecule is Cc1nc(CN(C)c2ccc(S(N)(=O)=O)cc2[N+](=O)[O-])cs1. The van der Waals surface area contributed by atoms with Gasteiger partial charge in [-0.05, 0) is 19.1 Å². The summed E-state index contributed by atoms with van der Waals surface area (Å²) >= 11 is 1.49. The Balaban J connectivity index is 2.39. The van der Waals surface area contributed by atoms with Gasteiger partial charge in [0.1, 0.15) is 5.69 Å². The Labute approximate surface area is 131 Å². The summed E-state index contributed by atoms with van der Waals surface area (Å²) in [5.41, 5.74) is 0.763. The van der Waals surface area contributed by atoms with E-state index in [1.807, 2.05) is 12.3 Å². The second-order valence-corrected chi connectivity index (χ2v) is 7.29. The number of hydrogen-bond acceptors (Lipinski definition) is 7. The van der Waals surface area contributed by atoms with Crippen molar-refractivity contribution in [2.45, 2.75) is 18.4 Å². The summed E-state index contributed by atoms with van der Waals surface area (Å²) < 4.78 is 22.6. The van der Waals surface area contributed by atoms with Crippen molar-refractivity contribution in [2.24, 2.45) is 5.14 Å². The lowest BCUT2D eigenvalue weighted by Crippen LogP contribution is -2.19. The number of nitrogens with zero attached hydrogens (tertiary/aromatic N) is 3. The fourth-order valence-corrected chi connectivity index (χ4v) is 3.10. The molecular formula is C12H14N4O4S2. The van der Waals surface area contributed by atoms with Crippen LogP contribution < -0.4 is 10.0 Å². The highest BCUT2D eigenvalue weighted by Crippen LogP contribution is 2.30. The maximum atomic E-state index is 11.3. The second kappa shape index (κ2) is 5.99. The molecule has 0 saturated heterocycles. The van der Waals surface area contributed by atoms with Crippen LogP contribution in [0.15, 0.2) is 28.5 Å². The summed E-state index contributed by atoms with van der Waals surface area (Å²) in [5, 5.41) is 19.0. The third-order valence-electron chi connectivity index (χ3n) is 2.95. The molecule has 0 aliphatic heterocycles. The Hall–Kier alpha value is -2.04. The van der Waals surface area contributed by atoms with Gasteiger partial charge in [-0.2, -0.15) is 0 Å². The first kappa shape index (κ1) is 16.3. The standard InChI is InChI=1S/C12H14N4O4S2/c1-8-14-9(7-21-8)6-15(2)11-4-3-10(22(13,19)20)5-12(11)16(17)18/h3-5,7H,6H2,1-2H3,(H2,13,19,20). The molecule has 0 unspecified atom stereocenters. The molecule has 1 heterocycles. The summed E-state index contributed by atoms with van der Waals surface area (Å²) in [6.45, 7) is 2.25. The molecule has 10 heteroatoms. The molecule has 1 aromatic heterocycles. The Bertz CT molecular complexity index is 816. The van der Waals surface area contributed by atoms with Crippen molar-refractivity contribution < 1.29 is 13.3 Å². The normalized spacial score (nSPS) is 11.4. The molecule has 2 aromatic rings. The number of thiazole rings is 1. The van der Waals surface area contributed by atoms with Crippen LogP contribution in [0, 0.1) is 17.0 Å². The van der Waals surface area contributed by atoms with Gasteiger partial charge in [0, 0.05) is 18.5 Å². The monoisotopic (exact) mass is 342 g/mol. The minimum atomic E-state index is -3.99. The second-order valence-electron chi connectivity index (χ2n) is 4.67. The minimum absolute atomic E-state index is 0.291. The lowest BCUT2D eigenvalue weighted by atomic mass is 10.2. The van der Waals surface area contributed by atoms with Crippen molar-refractivity contribution in [3.05, 3.63) is 44.4 Å². The van der Waals surface area contributed by atoms with Crippen LogP contribution in [0.25, 0.3) is 0 Å². The molecule has 0 saturated carbocycles.